The molecule has 0 spiro atoms. The van der Waals surface area contributed by atoms with Gasteiger partial charge in [-0.05, 0) is 37.0 Å². The summed E-state index contributed by atoms with van der Waals surface area (Å²) in [6, 6.07) is 16.9. The van der Waals surface area contributed by atoms with Gasteiger partial charge in [-0.1, -0.05) is 55.3 Å². The topological polar surface area (TPSA) is 43.4 Å². The standard InChI is InChI=1S/C20H22O3/c21-16-18-11-13-19(14-12-18)20(22)23-15-7-2-1-4-8-17-9-5-3-6-10-17/h3,5-6,9-14,16H,1-2,4,7-8,15H2. The number of carbonyl (C=O) groups is 2. The molecule has 0 N–H and O–H groups in total. The van der Waals surface area contributed by atoms with Crippen LogP contribution < -0.4 is 0 Å². The van der Waals surface area contributed by atoms with Crippen molar-refractivity contribution in [2.45, 2.75) is 32.1 Å². The second-order valence-electron chi connectivity index (χ2n) is 5.53. The third kappa shape index (κ3) is 6.07. The van der Waals surface area contributed by atoms with Crippen molar-refractivity contribution >= 4 is 12.3 Å². The number of hydrogen-bond acceptors (Lipinski definition) is 3. The van der Waals surface area contributed by atoms with Crippen molar-refractivity contribution < 1.29 is 14.3 Å². The maximum absolute atomic E-state index is 11.8. The fourth-order valence-corrected chi connectivity index (χ4v) is 2.38. The predicted molar refractivity (Wildman–Crippen MR) is 90.7 cm³/mol. The number of carbonyl (C=O) groups excluding carboxylic acids is 2. The summed E-state index contributed by atoms with van der Waals surface area (Å²) in [4.78, 5) is 22.4. The summed E-state index contributed by atoms with van der Waals surface area (Å²) in [5.41, 5.74) is 2.41. The van der Waals surface area contributed by atoms with E-state index in [4.69, 9.17) is 4.74 Å². The minimum atomic E-state index is -0.327. The Hall–Kier alpha value is -2.42. The first kappa shape index (κ1) is 16.9. The van der Waals surface area contributed by atoms with Crippen LogP contribution in [-0.4, -0.2) is 18.9 Å². The molecule has 0 aliphatic heterocycles. The zero-order chi connectivity index (χ0) is 16.3. The molecule has 0 fully saturated rings. The molecule has 0 saturated carbocycles. The minimum absolute atomic E-state index is 0.327. The van der Waals surface area contributed by atoms with Gasteiger partial charge in [0.2, 0.25) is 0 Å². The highest BCUT2D eigenvalue weighted by atomic mass is 16.5. The molecule has 0 heterocycles. The largest absolute Gasteiger partial charge is 0.462 e. The molecule has 0 bridgehead atoms. The van der Waals surface area contributed by atoms with Gasteiger partial charge in [0.25, 0.3) is 0 Å². The van der Waals surface area contributed by atoms with Crippen molar-refractivity contribution in [1.82, 2.24) is 0 Å². The Morgan fingerprint density at radius 1 is 0.870 bits per heavy atom. The van der Waals surface area contributed by atoms with E-state index in [0.29, 0.717) is 17.7 Å². The monoisotopic (exact) mass is 310 g/mol. The van der Waals surface area contributed by atoms with E-state index in [-0.39, 0.29) is 5.97 Å². The molecule has 2 aromatic rings. The molecule has 120 valence electrons. The quantitative estimate of drug-likeness (QED) is 0.390. The zero-order valence-corrected chi connectivity index (χ0v) is 13.2. The molecule has 0 aromatic heterocycles. The molecule has 0 saturated heterocycles. The van der Waals surface area contributed by atoms with Gasteiger partial charge in [-0.2, -0.15) is 0 Å². The molecular formula is C20H22O3. The highest BCUT2D eigenvalue weighted by Crippen LogP contribution is 2.09. The van der Waals surface area contributed by atoms with Gasteiger partial charge in [-0.25, -0.2) is 4.79 Å². The Bertz CT molecular complexity index is 603. The summed E-state index contributed by atoms with van der Waals surface area (Å²) in [5.74, 6) is -0.327. The lowest BCUT2D eigenvalue weighted by molar-refractivity contribution is 0.0497. The highest BCUT2D eigenvalue weighted by molar-refractivity contribution is 5.90. The van der Waals surface area contributed by atoms with Gasteiger partial charge in [0.1, 0.15) is 6.29 Å². The van der Waals surface area contributed by atoms with Crippen LogP contribution in [0.25, 0.3) is 0 Å². The van der Waals surface area contributed by atoms with E-state index in [2.05, 4.69) is 24.3 Å². The van der Waals surface area contributed by atoms with Crippen molar-refractivity contribution in [2.24, 2.45) is 0 Å². The number of aldehydes is 1. The predicted octanol–water partition coefficient (Wildman–Crippen LogP) is 4.46. The van der Waals surface area contributed by atoms with Gasteiger partial charge in [0.15, 0.2) is 0 Å². The summed E-state index contributed by atoms with van der Waals surface area (Å²) in [7, 11) is 0. The lowest BCUT2D eigenvalue weighted by Gasteiger charge is -2.05. The fourth-order valence-electron chi connectivity index (χ4n) is 2.38. The average molecular weight is 310 g/mol. The first-order valence-electron chi connectivity index (χ1n) is 8.06. The molecule has 0 aliphatic rings. The van der Waals surface area contributed by atoms with E-state index < -0.39 is 0 Å². The lowest BCUT2D eigenvalue weighted by Crippen LogP contribution is -2.06. The fraction of sp³-hybridized carbons (Fsp3) is 0.300. The summed E-state index contributed by atoms with van der Waals surface area (Å²) in [6.45, 7) is 0.444. The SMILES string of the molecule is O=Cc1ccc(C(=O)OCCCCCCc2ccccc2)cc1. The molecule has 3 heteroatoms. The third-order valence-corrected chi connectivity index (χ3v) is 3.72. The van der Waals surface area contributed by atoms with Crippen molar-refractivity contribution in [2.75, 3.05) is 6.61 Å². The number of ether oxygens (including phenoxy) is 1. The van der Waals surface area contributed by atoms with Crippen LogP contribution >= 0.6 is 0 Å². The Balaban J connectivity index is 1.56. The van der Waals surface area contributed by atoms with Crippen LogP contribution in [0, 0.1) is 0 Å². The van der Waals surface area contributed by atoms with Gasteiger partial charge < -0.3 is 4.74 Å². The van der Waals surface area contributed by atoms with Crippen LogP contribution in [0.3, 0.4) is 0 Å². The van der Waals surface area contributed by atoms with Crippen LogP contribution in [0.15, 0.2) is 54.6 Å². The maximum Gasteiger partial charge on any atom is 0.338 e. The Labute approximate surface area is 137 Å². The lowest BCUT2D eigenvalue weighted by atomic mass is 10.1. The molecule has 0 aliphatic carbocycles. The van der Waals surface area contributed by atoms with Gasteiger partial charge in [0.05, 0.1) is 12.2 Å². The molecule has 0 amide bonds. The van der Waals surface area contributed by atoms with E-state index in [1.807, 2.05) is 6.07 Å². The van der Waals surface area contributed by atoms with Gasteiger partial charge in [-0.3, -0.25) is 4.79 Å². The van der Waals surface area contributed by atoms with Crippen LogP contribution in [-0.2, 0) is 11.2 Å². The number of aryl methyl sites for hydroxylation is 1. The highest BCUT2D eigenvalue weighted by Gasteiger charge is 2.06. The van der Waals surface area contributed by atoms with E-state index in [1.54, 1.807) is 24.3 Å². The first-order chi connectivity index (χ1) is 11.3. The third-order valence-electron chi connectivity index (χ3n) is 3.72. The molecule has 2 rings (SSSR count). The van der Waals surface area contributed by atoms with E-state index >= 15 is 0 Å². The summed E-state index contributed by atoms with van der Waals surface area (Å²) in [6.07, 6.45) is 6.09. The van der Waals surface area contributed by atoms with E-state index in [0.717, 1.165) is 38.4 Å². The van der Waals surface area contributed by atoms with E-state index in [9.17, 15) is 9.59 Å². The minimum Gasteiger partial charge on any atom is -0.462 e. The number of unbranched alkanes of at least 4 members (excludes halogenated alkanes) is 3. The maximum atomic E-state index is 11.8. The number of hydrogen-bond donors (Lipinski definition) is 0. The van der Waals surface area contributed by atoms with Crippen molar-refractivity contribution in [3.63, 3.8) is 0 Å². The average Bonchev–Trinajstić information content (AvgIpc) is 2.61. The van der Waals surface area contributed by atoms with Crippen LogP contribution in [0.5, 0.6) is 0 Å². The Kier molecular flexibility index (Phi) is 7.05. The number of benzene rings is 2. The smallest absolute Gasteiger partial charge is 0.338 e. The summed E-state index contributed by atoms with van der Waals surface area (Å²) in [5, 5.41) is 0. The second-order valence-corrected chi connectivity index (χ2v) is 5.53. The molecule has 0 radical (unpaired) electrons. The molecule has 0 unspecified atom stereocenters. The van der Waals surface area contributed by atoms with Crippen LogP contribution in [0.1, 0.15) is 52.0 Å². The van der Waals surface area contributed by atoms with Crippen molar-refractivity contribution in [3.05, 3.63) is 71.3 Å². The van der Waals surface area contributed by atoms with Gasteiger partial charge in [0, 0.05) is 5.56 Å². The molecule has 0 atom stereocenters. The van der Waals surface area contributed by atoms with E-state index in [1.165, 1.54) is 5.56 Å². The number of esters is 1. The molecule has 2 aromatic carbocycles. The second kappa shape index (κ2) is 9.57. The first-order valence-corrected chi connectivity index (χ1v) is 8.06. The zero-order valence-electron chi connectivity index (χ0n) is 13.2. The van der Waals surface area contributed by atoms with Crippen molar-refractivity contribution in [3.8, 4) is 0 Å². The Morgan fingerprint density at radius 3 is 2.26 bits per heavy atom. The Morgan fingerprint density at radius 2 is 1.57 bits per heavy atom. The molecule has 23 heavy (non-hydrogen) atoms. The normalized spacial score (nSPS) is 10.3. The van der Waals surface area contributed by atoms with Crippen molar-refractivity contribution in [1.29, 1.82) is 0 Å². The van der Waals surface area contributed by atoms with Crippen LogP contribution in [0.2, 0.25) is 0 Å². The van der Waals surface area contributed by atoms with Gasteiger partial charge >= 0.3 is 5.97 Å². The molecule has 3 nitrogen and oxygen atoms in total. The van der Waals surface area contributed by atoms with Crippen LogP contribution in [0.4, 0.5) is 0 Å². The summed E-state index contributed by atoms with van der Waals surface area (Å²) < 4.78 is 5.24. The summed E-state index contributed by atoms with van der Waals surface area (Å²) >= 11 is 0. The van der Waals surface area contributed by atoms with Gasteiger partial charge in [-0.15, -0.1) is 0 Å². The molecular weight excluding hydrogens is 288 g/mol. The number of rotatable bonds is 9.